The van der Waals surface area contributed by atoms with Gasteiger partial charge in [0.15, 0.2) is 0 Å². The number of carbonyl (C=O) groups is 1. The van der Waals surface area contributed by atoms with E-state index >= 15 is 0 Å². The van der Waals surface area contributed by atoms with Crippen LogP contribution in [0.25, 0.3) is 0 Å². The van der Waals surface area contributed by atoms with E-state index in [0.717, 1.165) is 58.2 Å². The monoisotopic (exact) mass is 297 g/mol. The smallest absolute Gasteiger partial charge is 0.227 e. The summed E-state index contributed by atoms with van der Waals surface area (Å²) < 4.78 is 0. The Hall–Kier alpha value is -0.610. The highest BCUT2D eigenvalue weighted by atomic mass is 16.2. The summed E-state index contributed by atoms with van der Waals surface area (Å²) in [7, 11) is 0. The fourth-order valence-electron chi connectivity index (χ4n) is 3.36. The molecule has 0 bridgehead atoms. The van der Waals surface area contributed by atoms with Crippen molar-refractivity contribution in [3.05, 3.63) is 0 Å². The van der Waals surface area contributed by atoms with Gasteiger partial charge in [-0.25, -0.2) is 0 Å². The summed E-state index contributed by atoms with van der Waals surface area (Å²) in [6, 6.07) is 0.249. The van der Waals surface area contributed by atoms with Gasteiger partial charge in [0.2, 0.25) is 5.91 Å². The van der Waals surface area contributed by atoms with Gasteiger partial charge in [-0.1, -0.05) is 33.1 Å². The standard InChI is InChI=1S/C17H35N3O/c1-4-20(5-2)13-9-10-15(3)19-16(21)17(14-18)11-7-6-8-12-17/h15H,4-14,18H2,1-3H3,(H,19,21). The van der Waals surface area contributed by atoms with Crippen molar-refractivity contribution in [1.82, 2.24) is 10.2 Å². The summed E-state index contributed by atoms with van der Waals surface area (Å²) in [6.45, 7) is 10.3. The van der Waals surface area contributed by atoms with Crippen molar-refractivity contribution in [2.45, 2.75) is 71.8 Å². The normalized spacial score (nSPS) is 19.5. The molecule has 0 radical (unpaired) electrons. The number of nitrogens with one attached hydrogen (secondary N) is 1. The van der Waals surface area contributed by atoms with Crippen LogP contribution >= 0.6 is 0 Å². The minimum absolute atomic E-state index is 0.194. The maximum absolute atomic E-state index is 12.6. The van der Waals surface area contributed by atoms with Gasteiger partial charge in [-0.2, -0.15) is 0 Å². The Morgan fingerprint density at radius 2 is 1.86 bits per heavy atom. The average molecular weight is 297 g/mol. The number of hydrogen-bond acceptors (Lipinski definition) is 3. The Kier molecular flexibility index (Phi) is 8.27. The van der Waals surface area contributed by atoms with Crippen LogP contribution in [0.5, 0.6) is 0 Å². The number of carbonyl (C=O) groups excluding carboxylic acids is 1. The molecular weight excluding hydrogens is 262 g/mol. The molecule has 1 amide bonds. The Bertz CT molecular complexity index is 296. The molecule has 1 rings (SSSR count). The zero-order valence-corrected chi connectivity index (χ0v) is 14.3. The van der Waals surface area contributed by atoms with E-state index in [-0.39, 0.29) is 17.4 Å². The Balaban J connectivity index is 2.35. The summed E-state index contributed by atoms with van der Waals surface area (Å²) in [4.78, 5) is 15.0. The van der Waals surface area contributed by atoms with Gasteiger partial charge < -0.3 is 16.0 Å². The zero-order valence-electron chi connectivity index (χ0n) is 14.3. The number of nitrogens with zero attached hydrogens (tertiary/aromatic N) is 1. The summed E-state index contributed by atoms with van der Waals surface area (Å²) in [5, 5.41) is 3.21. The summed E-state index contributed by atoms with van der Waals surface area (Å²) in [5.74, 6) is 0.194. The van der Waals surface area contributed by atoms with Gasteiger partial charge in [0.25, 0.3) is 0 Å². The van der Waals surface area contributed by atoms with Gasteiger partial charge >= 0.3 is 0 Å². The van der Waals surface area contributed by atoms with Gasteiger partial charge in [-0.05, 0) is 52.2 Å². The van der Waals surface area contributed by atoms with Crippen LogP contribution in [0.3, 0.4) is 0 Å². The van der Waals surface area contributed by atoms with Crippen LogP contribution in [0, 0.1) is 5.41 Å². The molecule has 0 heterocycles. The zero-order chi connectivity index (χ0) is 15.7. The predicted octanol–water partition coefficient (Wildman–Crippen LogP) is 2.52. The predicted molar refractivity (Wildman–Crippen MR) is 89.2 cm³/mol. The Morgan fingerprint density at radius 1 is 1.24 bits per heavy atom. The van der Waals surface area contributed by atoms with E-state index in [2.05, 4.69) is 31.0 Å². The lowest BCUT2D eigenvalue weighted by molar-refractivity contribution is -0.133. The van der Waals surface area contributed by atoms with Crippen LogP contribution in [0.1, 0.15) is 65.7 Å². The third-order valence-electron chi connectivity index (χ3n) is 5.07. The van der Waals surface area contributed by atoms with Crippen molar-refractivity contribution in [3.8, 4) is 0 Å². The minimum Gasteiger partial charge on any atom is -0.353 e. The molecular formula is C17H35N3O. The van der Waals surface area contributed by atoms with E-state index in [9.17, 15) is 4.79 Å². The molecule has 1 atom stereocenters. The lowest BCUT2D eigenvalue weighted by Crippen LogP contribution is -2.49. The van der Waals surface area contributed by atoms with E-state index in [0.29, 0.717) is 6.54 Å². The topological polar surface area (TPSA) is 58.4 Å². The van der Waals surface area contributed by atoms with E-state index in [4.69, 9.17) is 5.73 Å². The van der Waals surface area contributed by atoms with E-state index < -0.39 is 0 Å². The molecule has 0 saturated heterocycles. The Morgan fingerprint density at radius 3 is 2.38 bits per heavy atom. The molecule has 1 saturated carbocycles. The van der Waals surface area contributed by atoms with Gasteiger partial charge in [-0.3, -0.25) is 4.79 Å². The molecule has 0 aromatic rings. The molecule has 4 heteroatoms. The maximum atomic E-state index is 12.6. The lowest BCUT2D eigenvalue weighted by Gasteiger charge is -2.35. The van der Waals surface area contributed by atoms with Crippen LogP contribution in [0.4, 0.5) is 0 Å². The van der Waals surface area contributed by atoms with Gasteiger partial charge in [0, 0.05) is 12.6 Å². The molecule has 124 valence electrons. The average Bonchev–Trinajstić information content (AvgIpc) is 2.52. The van der Waals surface area contributed by atoms with E-state index in [1.54, 1.807) is 0 Å². The van der Waals surface area contributed by atoms with Crippen LogP contribution in [0.15, 0.2) is 0 Å². The largest absolute Gasteiger partial charge is 0.353 e. The van der Waals surface area contributed by atoms with Crippen molar-refractivity contribution in [1.29, 1.82) is 0 Å². The summed E-state index contributed by atoms with van der Waals surface area (Å²) >= 11 is 0. The summed E-state index contributed by atoms with van der Waals surface area (Å²) in [6.07, 6.45) is 7.63. The molecule has 0 aliphatic heterocycles. The molecule has 1 aliphatic rings. The first-order chi connectivity index (χ1) is 10.1. The first-order valence-electron chi connectivity index (χ1n) is 8.81. The first kappa shape index (κ1) is 18.4. The highest BCUT2D eigenvalue weighted by Gasteiger charge is 2.38. The number of nitrogens with two attached hydrogens (primary N) is 1. The molecule has 3 N–H and O–H groups in total. The fraction of sp³-hybridized carbons (Fsp3) is 0.941. The second kappa shape index (κ2) is 9.42. The van der Waals surface area contributed by atoms with Crippen LogP contribution in [-0.2, 0) is 4.79 Å². The molecule has 4 nitrogen and oxygen atoms in total. The summed E-state index contributed by atoms with van der Waals surface area (Å²) in [5.41, 5.74) is 5.64. The molecule has 0 spiro atoms. The van der Waals surface area contributed by atoms with Gasteiger partial charge in [-0.15, -0.1) is 0 Å². The van der Waals surface area contributed by atoms with E-state index in [1.807, 2.05) is 0 Å². The quantitative estimate of drug-likeness (QED) is 0.687. The molecule has 21 heavy (non-hydrogen) atoms. The molecule has 1 aliphatic carbocycles. The third kappa shape index (κ3) is 5.59. The fourth-order valence-corrected chi connectivity index (χ4v) is 3.36. The number of amides is 1. The van der Waals surface area contributed by atoms with Crippen molar-refractivity contribution in [2.75, 3.05) is 26.2 Å². The third-order valence-corrected chi connectivity index (χ3v) is 5.07. The van der Waals surface area contributed by atoms with Crippen LogP contribution < -0.4 is 11.1 Å². The minimum atomic E-state index is -0.286. The molecule has 1 fully saturated rings. The van der Waals surface area contributed by atoms with Crippen molar-refractivity contribution < 1.29 is 4.79 Å². The highest BCUT2D eigenvalue weighted by Crippen LogP contribution is 2.35. The van der Waals surface area contributed by atoms with Gasteiger partial charge in [0.05, 0.1) is 5.41 Å². The first-order valence-corrected chi connectivity index (χ1v) is 8.81. The van der Waals surface area contributed by atoms with Gasteiger partial charge in [0.1, 0.15) is 0 Å². The number of hydrogen-bond donors (Lipinski definition) is 2. The lowest BCUT2D eigenvalue weighted by atomic mass is 9.73. The van der Waals surface area contributed by atoms with Crippen molar-refractivity contribution in [2.24, 2.45) is 11.1 Å². The highest BCUT2D eigenvalue weighted by molar-refractivity contribution is 5.83. The Labute approximate surface area is 130 Å². The second-order valence-corrected chi connectivity index (χ2v) is 6.59. The number of rotatable bonds is 9. The van der Waals surface area contributed by atoms with Crippen molar-refractivity contribution >= 4 is 5.91 Å². The van der Waals surface area contributed by atoms with Crippen LogP contribution in [-0.4, -0.2) is 43.0 Å². The molecule has 0 aromatic heterocycles. The molecule has 1 unspecified atom stereocenters. The second-order valence-electron chi connectivity index (χ2n) is 6.59. The van der Waals surface area contributed by atoms with Crippen molar-refractivity contribution in [3.63, 3.8) is 0 Å². The maximum Gasteiger partial charge on any atom is 0.227 e. The SMILES string of the molecule is CCN(CC)CCCC(C)NC(=O)C1(CN)CCCCC1. The van der Waals surface area contributed by atoms with E-state index in [1.165, 1.54) is 6.42 Å². The molecule has 0 aromatic carbocycles. The van der Waals surface area contributed by atoms with Crippen LogP contribution in [0.2, 0.25) is 0 Å².